The molecule has 0 aliphatic carbocycles. The highest BCUT2D eigenvalue weighted by atomic mass is 16.6. The van der Waals surface area contributed by atoms with Gasteiger partial charge in [-0.1, -0.05) is 6.92 Å². The Kier molecular flexibility index (Phi) is 5.24. The number of rotatable bonds is 5. The molecule has 0 radical (unpaired) electrons. The molecular weight excluding hydrogens is 242 g/mol. The van der Waals surface area contributed by atoms with Crippen molar-refractivity contribution < 1.29 is 9.47 Å². The van der Waals surface area contributed by atoms with Gasteiger partial charge in [-0.15, -0.1) is 0 Å². The fourth-order valence-electron chi connectivity index (χ4n) is 2.30. The molecule has 0 amide bonds. The number of aryl methyl sites for hydroxylation is 2. The summed E-state index contributed by atoms with van der Waals surface area (Å²) < 4.78 is 11.1. The predicted octanol–water partition coefficient (Wildman–Crippen LogP) is 1.33. The number of aromatic nitrogens is 2. The summed E-state index contributed by atoms with van der Waals surface area (Å²) in [5, 5.41) is 3.33. The lowest BCUT2D eigenvalue weighted by molar-refractivity contribution is -0.0936. The van der Waals surface area contributed by atoms with Gasteiger partial charge in [0.15, 0.2) is 5.82 Å². The monoisotopic (exact) mass is 265 g/mol. The first kappa shape index (κ1) is 14.4. The molecule has 1 aliphatic rings. The Hall–Kier alpha value is -1.04. The molecule has 5 nitrogen and oxygen atoms in total. The fourth-order valence-corrected chi connectivity index (χ4v) is 2.30. The van der Waals surface area contributed by atoms with E-state index in [9.17, 15) is 0 Å². The second kappa shape index (κ2) is 6.93. The molecule has 1 unspecified atom stereocenters. The van der Waals surface area contributed by atoms with Gasteiger partial charge >= 0.3 is 0 Å². The van der Waals surface area contributed by atoms with Crippen LogP contribution in [0.5, 0.6) is 0 Å². The van der Waals surface area contributed by atoms with Crippen LogP contribution in [0.2, 0.25) is 0 Å². The molecule has 0 bridgehead atoms. The lowest BCUT2D eigenvalue weighted by Crippen LogP contribution is -2.25. The molecule has 1 atom stereocenters. The van der Waals surface area contributed by atoms with Gasteiger partial charge in [0.25, 0.3) is 0 Å². The molecular formula is C14H23N3O2. The van der Waals surface area contributed by atoms with Crippen LogP contribution in [0, 0.1) is 13.8 Å². The Morgan fingerprint density at radius 2 is 1.95 bits per heavy atom. The first-order valence-electron chi connectivity index (χ1n) is 6.96. The van der Waals surface area contributed by atoms with Crippen LogP contribution in [0.25, 0.3) is 0 Å². The molecule has 106 valence electrons. The molecule has 1 aliphatic heterocycles. The molecule has 19 heavy (non-hydrogen) atoms. The minimum atomic E-state index is -0.117. The first-order chi connectivity index (χ1) is 9.22. The van der Waals surface area contributed by atoms with E-state index in [1.54, 1.807) is 0 Å². The third kappa shape index (κ3) is 3.72. The van der Waals surface area contributed by atoms with Crippen molar-refractivity contribution in [1.29, 1.82) is 0 Å². The quantitative estimate of drug-likeness (QED) is 0.814. The zero-order chi connectivity index (χ0) is 13.7. The van der Waals surface area contributed by atoms with Gasteiger partial charge in [-0.2, -0.15) is 0 Å². The molecule has 1 saturated heterocycles. The van der Waals surface area contributed by atoms with E-state index in [4.69, 9.17) is 9.47 Å². The Labute approximate surface area is 114 Å². The summed E-state index contributed by atoms with van der Waals surface area (Å²) >= 11 is 0. The molecule has 1 aromatic rings. The van der Waals surface area contributed by atoms with Crippen LogP contribution in [-0.2, 0) is 15.9 Å². The summed E-state index contributed by atoms with van der Waals surface area (Å²) in [5.41, 5.74) is 3.34. The zero-order valence-electron chi connectivity index (χ0n) is 12.0. The van der Waals surface area contributed by atoms with Crippen molar-refractivity contribution in [2.24, 2.45) is 0 Å². The largest absolute Gasteiger partial charge is 0.376 e. The van der Waals surface area contributed by atoms with Gasteiger partial charge in [-0.05, 0) is 38.9 Å². The van der Waals surface area contributed by atoms with Crippen LogP contribution in [0.15, 0.2) is 0 Å². The van der Waals surface area contributed by atoms with Gasteiger partial charge in [0, 0.05) is 11.4 Å². The molecule has 2 rings (SSSR count). The van der Waals surface area contributed by atoms with Crippen LogP contribution in [0.3, 0.4) is 0 Å². The topological polar surface area (TPSA) is 56.3 Å². The average Bonchev–Trinajstić information content (AvgIpc) is 2.43. The second-order valence-electron chi connectivity index (χ2n) is 4.77. The molecule has 1 aromatic heterocycles. The summed E-state index contributed by atoms with van der Waals surface area (Å²) in [5.74, 6) is 0.752. The van der Waals surface area contributed by atoms with Crippen molar-refractivity contribution in [3.05, 3.63) is 22.8 Å². The van der Waals surface area contributed by atoms with Crippen molar-refractivity contribution in [3.63, 3.8) is 0 Å². The third-order valence-electron chi connectivity index (χ3n) is 3.34. The van der Waals surface area contributed by atoms with Crippen LogP contribution < -0.4 is 5.32 Å². The molecule has 1 N–H and O–H groups in total. The molecule has 0 aromatic carbocycles. The van der Waals surface area contributed by atoms with E-state index in [1.165, 1.54) is 5.56 Å². The van der Waals surface area contributed by atoms with Crippen LogP contribution in [-0.4, -0.2) is 42.9 Å². The van der Waals surface area contributed by atoms with Crippen molar-refractivity contribution in [2.45, 2.75) is 33.3 Å². The maximum Gasteiger partial charge on any atom is 0.160 e. The van der Waals surface area contributed by atoms with Gasteiger partial charge in [0.1, 0.15) is 6.10 Å². The number of nitrogens with zero attached hydrogens (tertiary/aromatic N) is 2. The number of hydrogen-bond donors (Lipinski definition) is 1. The minimum Gasteiger partial charge on any atom is -0.376 e. The van der Waals surface area contributed by atoms with Crippen LogP contribution >= 0.6 is 0 Å². The average molecular weight is 265 g/mol. The van der Waals surface area contributed by atoms with Gasteiger partial charge in [0.05, 0.1) is 19.8 Å². The third-order valence-corrected chi connectivity index (χ3v) is 3.34. The summed E-state index contributed by atoms with van der Waals surface area (Å²) in [6, 6.07) is 0. The number of likely N-dealkylation sites (N-methyl/N-ethyl adjacent to an activating group) is 1. The van der Waals surface area contributed by atoms with Crippen molar-refractivity contribution in [1.82, 2.24) is 15.3 Å². The SMILES string of the molecule is CCNCCc1c(C)nc(C2COCCO2)nc1C. The normalized spacial score (nSPS) is 19.6. The molecule has 0 saturated carbocycles. The maximum atomic E-state index is 5.65. The van der Waals surface area contributed by atoms with Gasteiger partial charge in [-0.25, -0.2) is 9.97 Å². The standard InChI is InChI=1S/C14H23N3O2/c1-4-15-6-5-12-10(2)16-14(17-11(12)3)13-9-18-7-8-19-13/h13,15H,4-9H2,1-3H3. The van der Waals surface area contributed by atoms with Crippen molar-refractivity contribution >= 4 is 0 Å². The summed E-state index contributed by atoms with van der Waals surface area (Å²) in [6.45, 7) is 9.99. The van der Waals surface area contributed by atoms with Gasteiger partial charge < -0.3 is 14.8 Å². The van der Waals surface area contributed by atoms with E-state index in [2.05, 4.69) is 22.2 Å². The molecule has 0 spiro atoms. The second-order valence-corrected chi connectivity index (χ2v) is 4.77. The first-order valence-corrected chi connectivity index (χ1v) is 6.96. The molecule has 5 heteroatoms. The van der Waals surface area contributed by atoms with Gasteiger partial charge in [0.2, 0.25) is 0 Å². The van der Waals surface area contributed by atoms with Gasteiger partial charge in [-0.3, -0.25) is 0 Å². The number of ether oxygens (including phenoxy) is 2. The lowest BCUT2D eigenvalue weighted by atomic mass is 10.1. The Balaban J connectivity index is 2.11. The fraction of sp³-hybridized carbons (Fsp3) is 0.714. The minimum absolute atomic E-state index is 0.117. The Morgan fingerprint density at radius 1 is 1.21 bits per heavy atom. The highest BCUT2D eigenvalue weighted by Gasteiger charge is 2.21. The zero-order valence-corrected chi connectivity index (χ0v) is 12.0. The van der Waals surface area contributed by atoms with E-state index in [-0.39, 0.29) is 6.10 Å². The smallest absolute Gasteiger partial charge is 0.160 e. The van der Waals surface area contributed by atoms with Crippen molar-refractivity contribution in [3.8, 4) is 0 Å². The molecule has 1 fully saturated rings. The molecule has 2 heterocycles. The van der Waals surface area contributed by atoms with Crippen LogP contribution in [0.1, 0.15) is 35.8 Å². The highest BCUT2D eigenvalue weighted by molar-refractivity contribution is 5.25. The summed E-state index contributed by atoms with van der Waals surface area (Å²) in [4.78, 5) is 9.18. The summed E-state index contributed by atoms with van der Waals surface area (Å²) in [6.07, 6.45) is 0.849. The van der Waals surface area contributed by atoms with E-state index >= 15 is 0 Å². The predicted molar refractivity (Wildman–Crippen MR) is 73.3 cm³/mol. The maximum absolute atomic E-state index is 5.65. The van der Waals surface area contributed by atoms with E-state index in [0.717, 1.165) is 36.7 Å². The summed E-state index contributed by atoms with van der Waals surface area (Å²) in [7, 11) is 0. The number of hydrogen-bond acceptors (Lipinski definition) is 5. The Morgan fingerprint density at radius 3 is 2.53 bits per heavy atom. The van der Waals surface area contributed by atoms with E-state index in [0.29, 0.717) is 19.8 Å². The van der Waals surface area contributed by atoms with Crippen LogP contribution in [0.4, 0.5) is 0 Å². The van der Waals surface area contributed by atoms with Crippen molar-refractivity contribution in [2.75, 3.05) is 32.9 Å². The number of nitrogens with one attached hydrogen (secondary N) is 1. The van der Waals surface area contributed by atoms with E-state index in [1.807, 2.05) is 13.8 Å². The Bertz CT molecular complexity index is 394. The van der Waals surface area contributed by atoms with E-state index < -0.39 is 0 Å². The highest BCUT2D eigenvalue weighted by Crippen LogP contribution is 2.20. The lowest BCUT2D eigenvalue weighted by Gasteiger charge is -2.23.